The van der Waals surface area contributed by atoms with Gasteiger partial charge in [-0.05, 0) is 53.1 Å². The first-order chi connectivity index (χ1) is 15.7. The van der Waals surface area contributed by atoms with Crippen molar-refractivity contribution in [3.8, 4) is 16.9 Å². The fraction of sp³-hybridized carbons (Fsp3) is 0.519. The number of nitrogens with zero attached hydrogens (tertiary/aromatic N) is 1. The average molecular weight is 456 g/mol. The highest BCUT2D eigenvalue weighted by Gasteiger charge is 2.41. The third-order valence-electron chi connectivity index (χ3n) is 6.48. The van der Waals surface area contributed by atoms with Crippen LogP contribution in [-0.2, 0) is 22.5 Å². The molecule has 1 fully saturated rings. The van der Waals surface area contributed by atoms with Gasteiger partial charge in [0.25, 0.3) is 0 Å². The summed E-state index contributed by atoms with van der Waals surface area (Å²) in [6.07, 6.45) is 3.18. The van der Waals surface area contributed by atoms with Crippen LogP contribution in [-0.4, -0.2) is 43.4 Å². The molecule has 0 aliphatic carbocycles. The molecule has 1 amide bonds. The van der Waals surface area contributed by atoms with Gasteiger partial charge in [-0.2, -0.15) is 0 Å². The molecule has 0 aromatic heterocycles. The molecule has 0 radical (unpaired) electrons. The highest BCUT2D eigenvalue weighted by molar-refractivity contribution is 5.68. The first kappa shape index (κ1) is 23.6. The van der Waals surface area contributed by atoms with E-state index in [9.17, 15) is 9.18 Å². The lowest BCUT2D eigenvalue weighted by Crippen LogP contribution is -2.51. The van der Waals surface area contributed by atoms with Gasteiger partial charge in [-0.1, -0.05) is 39.0 Å². The second kappa shape index (κ2) is 9.34. The molecule has 2 aliphatic rings. The van der Waals surface area contributed by atoms with Crippen molar-refractivity contribution < 1.29 is 23.4 Å². The topological polar surface area (TPSA) is 48.0 Å². The molecule has 6 heteroatoms. The summed E-state index contributed by atoms with van der Waals surface area (Å²) in [4.78, 5) is 14.2. The zero-order valence-electron chi connectivity index (χ0n) is 20.1. The van der Waals surface area contributed by atoms with Crippen molar-refractivity contribution in [1.29, 1.82) is 0 Å². The Balaban J connectivity index is 1.40. The lowest BCUT2D eigenvalue weighted by molar-refractivity contribution is -0.0171. The van der Waals surface area contributed by atoms with Crippen molar-refractivity contribution in [3.63, 3.8) is 0 Å². The van der Waals surface area contributed by atoms with Crippen LogP contribution in [0.15, 0.2) is 36.4 Å². The fourth-order valence-corrected chi connectivity index (χ4v) is 4.52. The minimum Gasteiger partial charge on any atom is -0.487 e. The highest BCUT2D eigenvalue weighted by Crippen LogP contribution is 2.41. The van der Waals surface area contributed by atoms with Crippen LogP contribution in [0.2, 0.25) is 0 Å². The summed E-state index contributed by atoms with van der Waals surface area (Å²) < 4.78 is 31.4. The van der Waals surface area contributed by atoms with Crippen LogP contribution in [0.1, 0.15) is 51.2 Å². The van der Waals surface area contributed by atoms with Crippen LogP contribution >= 0.6 is 0 Å². The summed E-state index contributed by atoms with van der Waals surface area (Å²) in [5.41, 5.74) is 3.25. The minimum absolute atomic E-state index is 0.0422. The molecule has 0 N–H and O–H groups in total. The van der Waals surface area contributed by atoms with Crippen LogP contribution < -0.4 is 4.74 Å². The van der Waals surface area contributed by atoms with Crippen molar-refractivity contribution in [1.82, 2.24) is 4.90 Å². The molecular formula is C27H34FNO4. The zero-order valence-corrected chi connectivity index (χ0v) is 20.1. The summed E-state index contributed by atoms with van der Waals surface area (Å²) in [5.74, 6) is 0.639. The molecule has 1 saturated heterocycles. The van der Waals surface area contributed by atoms with Crippen molar-refractivity contribution >= 4 is 6.09 Å². The monoisotopic (exact) mass is 455 g/mol. The number of halogens is 1. The van der Waals surface area contributed by atoms with Crippen LogP contribution in [0.3, 0.4) is 0 Å². The van der Waals surface area contributed by atoms with Crippen LogP contribution in [0.5, 0.6) is 5.75 Å². The summed E-state index contributed by atoms with van der Waals surface area (Å²) >= 11 is 0. The molecule has 2 aliphatic heterocycles. The predicted molar refractivity (Wildman–Crippen MR) is 126 cm³/mol. The van der Waals surface area contributed by atoms with E-state index in [0.717, 1.165) is 48.1 Å². The predicted octanol–water partition coefficient (Wildman–Crippen LogP) is 5.98. The van der Waals surface area contributed by atoms with Gasteiger partial charge in [-0.25, -0.2) is 9.18 Å². The first-order valence-corrected chi connectivity index (χ1v) is 11.7. The van der Waals surface area contributed by atoms with E-state index in [1.54, 1.807) is 24.1 Å². The number of piperidine rings is 1. The summed E-state index contributed by atoms with van der Waals surface area (Å²) in [6, 6.07) is 11.4. The maximum Gasteiger partial charge on any atom is 0.409 e. The molecule has 0 unspecified atom stereocenters. The van der Waals surface area contributed by atoms with Crippen LogP contribution in [0.4, 0.5) is 9.18 Å². The Morgan fingerprint density at radius 1 is 1.09 bits per heavy atom. The second-order valence-electron chi connectivity index (χ2n) is 10.4. The Labute approximate surface area is 195 Å². The number of ether oxygens (including phenoxy) is 3. The van der Waals surface area contributed by atoms with Gasteiger partial charge in [0.15, 0.2) is 0 Å². The van der Waals surface area contributed by atoms with E-state index in [1.165, 1.54) is 0 Å². The normalized spacial score (nSPS) is 17.4. The largest absolute Gasteiger partial charge is 0.487 e. The molecule has 5 nitrogen and oxygen atoms in total. The van der Waals surface area contributed by atoms with E-state index in [2.05, 4.69) is 26.8 Å². The minimum atomic E-state index is -0.255. The van der Waals surface area contributed by atoms with E-state index in [-0.39, 0.29) is 29.5 Å². The molecular weight excluding hydrogens is 421 g/mol. The van der Waals surface area contributed by atoms with E-state index in [1.807, 2.05) is 18.2 Å². The number of carbonyl (C=O) groups is 1. The second-order valence-corrected chi connectivity index (χ2v) is 10.4. The quantitative estimate of drug-likeness (QED) is 0.569. The Bertz CT molecular complexity index is 1010. The Kier molecular flexibility index (Phi) is 6.66. The van der Waals surface area contributed by atoms with Crippen molar-refractivity contribution in [2.24, 2.45) is 5.41 Å². The van der Waals surface area contributed by atoms with Crippen molar-refractivity contribution in [3.05, 3.63) is 53.3 Å². The molecule has 2 aromatic carbocycles. The Morgan fingerprint density at radius 3 is 2.45 bits per heavy atom. The number of aryl methyl sites for hydroxylation is 1. The Morgan fingerprint density at radius 2 is 1.79 bits per heavy atom. The average Bonchev–Trinajstić information content (AvgIpc) is 2.79. The highest BCUT2D eigenvalue weighted by atomic mass is 19.1. The third-order valence-corrected chi connectivity index (χ3v) is 6.48. The smallest absolute Gasteiger partial charge is 0.409 e. The van der Waals surface area contributed by atoms with E-state index in [4.69, 9.17) is 14.2 Å². The van der Waals surface area contributed by atoms with Gasteiger partial charge in [0, 0.05) is 38.6 Å². The van der Waals surface area contributed by atoms with E-state index in [0.29, 0.717) is 25.3 Å². The number of carbonyl (C=O) groups excluding carboxylic acids is 1. The van der Waals surface area contributed by atoms with E-state index < -0.39 is 0 Å². The molecule has 0 atom stereocenters. The molecule has 1 spiro atoms. The van der Waals surface area contributed by atoms with Gasteiger partial charge < -0.3 is 19.1 Å². The molecule has 2 heterocycles. The van der Waals surface area contributed by atoms with Crippen molar-refractivity contribution in [2.75, 3.05) is 26.8 Å². The van der Waals surface area contributed by atoms with Crippen LogP contribution in [0, 0.1) is 11.2 Å². The van der Waals surface area contributed by atoms with Gasteiger partial charge in [-0.3, -0.25) is 0 Å². The van der Waals surface area contributed by atoms with Gasteiger partial charge in [0.1, 0.15) is 17.2 Å². The maximum atomic E-state index is 14.4. The van der Waals surface area contributed by atoms with E-state index >= 15 is 0 Å². The SMILES string of the molecule is COCc1ccc(-c2ccc3c(c2)CCC2(CCN(C(=O)OCC(C)(C)C)CC2)O3)cc1F. The number of hydrogen-bond acceptors (Lipinski definition) is 4. The summed E-state index contributed by atoms with van der Waals surface area (Å²) in [6.45, 7) is 8.12. The Hall–Kier alpha value is -2.60. The van der Waals surface area contributed by atoms with Gasteiger partial charge in [-0.15, -0.1) is 0 Å². The molecule has 4 rings (SSSR count). The molecule has 0 saturated carbocycles. The summed E-state index contributed by atoms with van der Waals surface area (Å²) in [7, 11) is 1.56. The number of amides is 1. The van der Waals surface area contributed by atoms with Crippen molar-refractivity contribution in [2.45, 2.75) is 58.7 Å². The number of hydrogen-bond donors (Lipinski definition) is 0. The number of rotatable bonds is 4. The van der Waals surface area contributed by atoms with Crippen LogP contribution in [0.25, 0.3) is 11.1 Å². The molecule has 0 bridgehead atoms. The zero-order chi connectivity index (χ0) is 23.6. The standard InChI is InChI=1S/C27H34FNO4/c1-26(2,3)18-32-25(30)29-13-11-27(12-14-29)10-9-21-15-19(7-8-24(21)33-27)20-5-6-22(17-31-4)23(28)16-20/h5-8,15-16H,9-14,17-18H2,1-4H3. The molecule has 33 heavy (non-hydrogen) atoms. The first-order valence-electron chi connectivity index (χ1n) is 11.7. The number of likely N-dealkylation sites (tertiary alicyclic amines) is 1. The number of methoxy groups -OCH3 is 1. The number of benzene rings is 2. The maximum absolute atomic E-state index is 14.4. The van der Waals surface area contributed by atoms with Gasteiger partial charge >= 0.3 is 6.09 Å². The fourth-order valence-electron chi connectivity index (χ4n) is 4.52. The van der Waals surface area contributed by atoms with Gasteiger partial charge in [0.05, 0.1) is 13.2 Å². The van der Waals surface area contributed by atoms with Gasteiger partial charge in [0.2, 0.25) is 0 Å². The summed E-state index contributed by atoms with van der Waals surface area (Å²) in [5, 5.41) is 0. The third kappa shape index (κ3) is 5.49. The lowest BCUT2D eigenvalue weighted by atomic mass is 9.82. The molecule has 178 valence electrons. The number of fused-ring (bicyclic) bond motifs is 1. The molecule has 2 aromatic rings. The lowest BCUT2D eigenvalue weighted by Gasteiger charge is -2.44.